The van der Waals surface area contributed by atoms with Crippen LogP contribution in [0.15, 0.2) is 73.2 Å². The van der Waals surface area contributed by atoms with E-state index in [2.05, 4.69) is 32.9 Å². The summed E-state index contributed by atoms with van der Waals surface area (Å²) in [7, 11) is 1.58. The fraction of sp³-hybridized carbons (Fsp3) is 0.0400. The first-order valence-corrected chi connectivity index (χ1v) is 9.54. The second kappa shape index (κ2) is 7.62. The molecule has 6 heteroatoms. The summed E-state index contributed by atoms with van der Waals surface area (Å²) in [5.74, 6) is 6.33. The zero-order chi connectivity index (χ0) is 21.2. The molecule has 31 heavy (non-hydrogen) atoms. The molecule has 0 radical (unpaired) electrons. The summed E-state index contributed by atoms with van der Waals surface area (Å²) >= 11 is 0. The zero-order valence-corrected chi connectivity index (χ0v) is 16.6. The van der Waals surface area contributed by atoms with Gasteiger partial charge in [-0.1, -0.05) is 17.9 Å². The van der Waals surface area contributed by atoms with Crippen LogP contribution in [0.1, 0.15) is 16.7 Å². The molecule has 0 aliphatic rings. The van der Waals surface area contributed by atoms with Crippen LogP contribution in [0.3, 0.4) is 0 Å². The number of hydrogen-bond donors (Lipinski definition) is 0. The highest BCUT2D eigenvalue weighted by molar-refractivity contribution is 6.04. The van der Waals surface area contributed by atoms with Gasteiger partial charge in [0, 0.05) is 28.9 Å². The van der Waals surface area contributed by atoms with Crippen LogP contribution in [0.25, 0.3) is 27.6 Å². The summed E-state index contributed by atoms with van der Waals surface area (Å²) in [5.41, 5.74) is 5.41. The first kappa shape index (κ1) is 18.4. The number of nitrogens with zero attached hydrogens (tertiary/aromatic N) is 5. The van der Waals surface area contributed by atoms with E-state index in [1.54, 1.807) is 31.8 Å². The van der Waals surface area contributed by atoms with Crippen molar-refractivity contribution in [3.8, 4) is 29.6 Å². The van der Waals surface area contributed by atoms with E-state index in [1.807, 2.05) is 53.1 Å². The average molecular weight is 401 g/mol. The number of methoxy groups -OCH3 is 1. The second-order valence-electron chi connectivity index (χ2n) is 6.81. The van der Waals surface area contributed by atoms with E-state index in [-0.39, 0.29) is 0 Å². The van der Waals surface area contributed by atoms with Crippen molar-refractivity contribution in [2.24, 2.45) is 0 Å². The molecule has 5 rings (SSSR count). The van der Waals surface area contributed by atoms with Gasteiger partial charge in [-0.2, -0.15) is 10.2 Å². The Morgan fingerprint density at radius 2 is 1.77 bits per heavy atom. The Bertz CT molecular complexity index is 1540. The molecule has 0 spiro atoms. The normalized spacial score (nSPS) is 10.5. The van der Waals surface area contributed by atoms with Gasteiger partial charge in [0.1, 0.15) is 5.52 Å². The Morgan fingerprint density at radius 3 is 2.58 bits per heavy atom. The second-order valence-corrected chi connectivity index (χ2v) is 6.81. The summed E-state index contributed by atoms with van der Waals surface area (Å²) in [6, 6.07) is 19.6. The van der Waals surface area contributed by atoms with Gasteiger partial charge in [0.15, 0.2) is 0 Å². The number of fused-ring (bicyclic) bond motifs is 3. The van der Waals surface area contributed by atoms with E-state index >= 15 is 0 Å². The van der Waals surface area contributed by atoms with E-state index < -0.39 is 0 Å². The van der Waals surface area contributed by atoms with E-state index in [0.717, 1.165) is 33.2 Å². The lowest BCUT2D eigenvalue weighted by atomic mass is 10.1. The quantitative estimate of drug-likeness (QED) is 0.413. The third kappa shape index (κ3) is 3.33. The molecule has 0 fully saturated rings. The van der Waals surface area contributed by atoms with Gasteiger partial charge in [-0.25, -0.2) is 0 Å². The minimum atomic E-state index is 0.422. The van der Waals surface area contributed by atoms with Crippen LogP contribution in [0.2, 0.25) is 0 Å². The molecule has 0 bridgehead atoms. The van der Waals surface area contributed by atoms with E-state index in [1.165, 1.54) is 0 Å². The van der Waals surface area contributed by atoms with Crippen LogP contribution in [0.5, 0.6) is 6.01 Å². The van der Waals surface area contributed by atoms with Crippen molar-refractivity contribution in [2.75, 3.05) is 7.11 Å². The fourth-order valence-corrected chi connectivity index (χ4v) is 3.48. The minimum absolute atomic E-state index is 0.422. The lowest BCUT2D eigenvalue weighted by Gasteiger charge is -2.10. The molecule has 0 saturated carbocycles. The van der Waals surface area contributed by atoms with Crippen LogP contribution in [0, 0.1) is 23.2 Å². The molecule has 3 heterocycles. The molecule has 0 atom stereocenters. The van der Waals surface area contributed by atoms with Crippen LogP contribution >= 0.6 is 0 Å². The Balaban J connectivity index is 1.76. The van der Waals surface area contributed by atoms with Gasteiger partial charge in [-0.15, -0.1) is 0 Å². The van der Waals surface area contributed by atoms with Gasteiger partial charge < -0.3 is 4.74 Å². The molecule has 0 aliphatic carbocycles. The van der Waals surface area contributed by atoms with Crippen LogP contribution < -0.4 is 4.74 Å². The molecule has 0 aliphatic heterocycles. The third-order valence-corrected chi connectivity index (χ3v) is 4.88. The lowest BCUT2D eigenvalue weighted by molar-refractivity contribution is 0.376. The Labute approximate surface area is 178 Å². The fourth-order valence-electron chi connectivity index (χ4n) is 3.48. The van der Waals surface area contributed by atoms with Crippen LogP contribution in [0.4, 0.5) is 0 Å². The highest BCUT2D eigenvalue weighted by Crippen LogP contribution is 2.31. The monoisotopic (exact) mass is 401 g/mol. The number of ether oxygens (including phenoxy) is 1. The van der Waals surface area contributed by atoms with Crippen molar-refractivity contribution in [1.82, 2.24) is 19.5 Å². The Hall–Kier alpha value is -4.68. The molecule has 0 N–H and O–H groups in total. The van der Waals surface area contributed by atoms with Gasteiger partial charge in [0.25, 0.3) is 0 Å². The predicted octanol–water partition coefficient (Wildman–Crippen LogP) is 4.25. The molecule has 0 amide bonds. The molecule has 3 aromatic heterocycles. The molecule has 2 aromatic carbocycles. The largest absolute Gasteiger partial charge is 0.468 e. The molecule has 146 valence electrons. The molecule has 5 aromatic rings. The van der Waals surface area contributed by atoms with Crippen molar-refractivity contribution in [3.63, 3.8) is 0 Å². The van der Waals surface area contributed by atoms with Gasteiger partial charge in [0.05, 0.1) is 41.7 Å². The minimum Gasteiger partial charge on any atom is -0.468 e. The van der Waals surface area contributed by atoms with E-state index in [4.69, 9.17) is 4.74 Å². The van der Waals surface area contributed by atoms with Gasteiger partial charge in [-0.05, 0) is 48.5 Å². The van der Waals surface area contributed by atoms with Gasteiger partial charge in [-0.3, -0.25) is 14.5 Å². The molecular formula is C25H15N5O. The van der Waals surface area contributed by atoms with Crippen molar-refractivity contribution in [1.29, 1.82) is 5.26 Å². The zero-order valence-electron chi connectivity index (χ0n) is 16.6. The number of benzene rings is 2. The smallest absolute Gasteiger partial charge is 0.301 e. The van der Waals surface area contributed by atoms with Crippen molar-refractivity contribution < 1.29 is 4.74 Å². The van der Waals surface area contributed by atoms with E-state index in [0.29, 0.717) is 17.1 Å². The Morgan fingerprint density at radius 1 is 0.903 bits per heavy atom. The van der Waals surface area contributed by atoms with Crippen molar-refractivity contribution >= 4 is 21.9 Å². The summed E-state index contributed by atoms with van der Waals surface area (Å²) in [4.78, 5) is 13.2. The number of nitriles is 1. The maximum Gasteiger partial charge on any atom is 0.301 e. The number of rotatable bonds is 2. The molecular weight excluding hydrogens is 386 g/mol. The maximum atomic E-state index is 9.32. The number of pyridine rings is 2. The van der Waals surface area contributed by atoms with Crippen molar-refractivity contribution in [2.45, 2.75) is 0 Å². The summed E-state index contributed by atoms with van der Waals surface area (Å²) in [6.45, 7) is 0. The van der Waals surface area contributed by atoms with Gasteiger partial charge >= 0.3 is 6.01 Å². The predicted molar refractivity (Wildman–Crippen MR) is 118 cm³/mol. The topological polar surface area (TPSA) is 76.6 Å². The number of imidazole rings is 1. The van der Waals surface area contributed by atoms with Crippen LogP contribution in [-0.4, -0.2) is 26.6 Å². The average Bonchev–Trinajstić information content (AvgIpc) is 3.22. The first-order chi connectivity index (χ1) is 15.3. The third-order valence-electron chi connectivity index (χ3n) is 4.88. The number of hydrogen-bond acceptors (Lipinski definition) is 5. The highest BCUT2D eigenvalue weighted by Gasteiger charge is 2.17. The van der Waals surface area contributed by atoms with E-state index in [9.17, 15) is 5.26 Å². The first-order valence-electron chi connectivity index (χ1n) is 9.54. The SMILES string of the molecule is COc1nc2cnc3ccc(C#Cc4cccnc4)cc3c2n1-c1cccc(C#N)c1. The maximum absolute atomic E-state index is 9.32. The molecule has 0 saturated heterocycles. The van der Waals surface area contributed by atoms with Gasteiger partial charge in [0.2, 0.25) is 0 Å². The number of aromatic nitrogens is 4. The summed E-state index contributed by atoms with van der Waals surface area (Å²) in [5, 5.41) is 10.2. The summed E-state index contributed by atoms with van der Waals surface area (Å²) < 4.78 is 7.45. The highest BCUT2D eigenvalue weighted by atomic mass is 16.5. The standard InChI is InChI=1S/C25H15N5O/c1-31-25-29-23-16-28-22-10-9-17(7-8-18-5-3-11-27-15-18)13-21(22)24(23)30(25)20-6-2-4-19(12-20)14-26/h2-6,9-13,15-16H,1H3. The lowest BCUT2D eigenvalue weighted by Crippen LogP contribution is -1.99. The van der Waals surface area contributed by atoms with Crippen LogP contribution in [-0.2, 0) is 0 Å². The van der Waals surface area contributed by atoms with Crippen molar-refractivity contribution in [3.05, 3.63) is 89.9 Å². The Kier molecular flexibility index (Phi) is 4.51. The molecule has 6 nitrogen and oxygen atoms in total. The summed E-state index contributed by atoms with van der Waals surface area (Å²) in [6.07, 6.45) is 5.18. The molecule has 0 unspecified atom stereocenters.